The van der Waals surface area contributed by atoms with E-state index in [1.165, 1.54) is 25.0 Å². The number of alkyl carbamates (subject to hydrolysis) is 1. The van der Waals surface area contributed by atoms with Gasteiger partial charge < -0.3 is 29.6 Å². The van der Waals surface area contributed by atoms with Crippen molar-refractivity contribution < 1.29 is 38.1 Å². The molecule has 11 nitrogen and oxygen atoms in total. The Morgan fingerprint density at radius 3 is 2.17 bits per heavy atom. The molecule has 0 saturated heterocycles. The molecule has 1 aliphatic carbocycles. The highest BCUT2D eigenvalue weighted by molar-refractivity contribution is 6.13. The van der Waals surface area contributed by atoms with Crippen LogP contribution in [-0.2, 0) is 33.3 Å². The Kier molecular flexibility index (Phi) is 14.4. The first kappa shape index (κ1) is 28.5. The van der Waals surface area contributed by atoms with E-state index < -0.39 is 17.9 Å². The molecular formula is C24H37N3O8. The maximum atomic E-state index is 11.8. The van der Waals surface area contributed by atoms with E-state index in [9.17, 15) is 19.2 Å². The summed E-state index contributed by atoms with van der Waals surface area (Å²) in [5.41, 5.74) is 0. The van der Waals surface area contributed by atoms with Gasteiger partial charge in [0.2, 0.25) is 5.91 Å². The minimum Gasteiger partial charge on any atom is -0.442 e. The van der Waals surface area contributed by atoms with Crippen molar-refractivity contribution in [3.8, 4) is 0 Å². The molecule has 0 spiro atoms. The SMILES string of the molecule is O=C(CCN1C(=O)C=CC1=O)NCCOCCOCCOCCNC(=O)OC1/C=C\CCCCC1. The maximum Gasteiger partial charge on any atom is 0.407 e. The van der Waals surface area contributed by atoms with Crippen LogP contribution in [0.1, 0.15) is 38.5 Å². The van der Waals surface area contributed by atoms with Gasteiger partial charge in [0.1, 0.15) is 6.10 Å². The smallest absolute Gasteiger partial charge is 0.407 e. The number of hydrogen-bond donors (Lipinski definition) is 2. The molecule has 0 fully saturated rings. The average Bonchev–Trinajstić information content (AvgIpc) is 3.14. The Labute approximate surface area is 206 Å². The highest BCUT2D eigenvalue weighted by Crippen LogP contribution is 2.14. The van der Waals surface area contributed by atoms with Crippen molar-refractivity contribution >= 4 is 23.8 Å². The summed E-state index contributed by atoms with van der Waals surface area (Å²) in [6, 6.07) is 0. The molecule has 4 amide bonds. The topological polar surface area (TPSA) is 132 Å². The van der Waals surface area contributed by atoms with Crippen molar-refractivity contribution in [2.75, 3.05) is 59.3 Å². The number of allylic oxidation sites excluding steroid dienone is 1. The second-order valence-electron chi connectivity index (χ2n) is 8.04. The van der Waals surface area contributed by atoms with Gasteiger partial charge in [-0.15, -0.1) is 0 Å². The number of rotatable bonds is 16. The zero-order valence-corrected chi connectivity index (χ0v) is 20.2. The minimum atomic E-state index is -0.428. The van der Waals surface area contributed by atoms with Crippen molar-refractivity contribution in [1.82, 2.24) is 15.5 Å². The number of carbonyl (C=O) groups is 4. The molecule has 0 bridgehead atoms. The molecule has 196 valence electrons. The van der Waals surface area contributed by atoms with Gasteiger partial charge in [-0.25, -0.2) is 4.79 Å². The molecule has 0 saturated carbocycles. The molecule has 0 radical (unpaired) electrons. The normalized spacial score (nSPS) is 18.7. The molecule has 11 heteroatoms. The summed E-state index contributed by atoms with van der Waals surface area (Å²) in [5, 5.41) is 5.35. The van der Waals surface area contributed by atoms with E-state index in [1.54, 1.807) is 0 Å². The molecule has 35 heavy (non-hydrogen) atoms. The first-order valence-electron chi connectivity index (χ1n) is 12.2. The van der Waals surface area contributed by atoms with Crippen LogP contribution in [0.25, 0.3) is 0 Å². The van der Waals surface area contributed by atoms with E-state index >= 15 is 0 Å². The van der Waals surface area contributed by atoms with Gasteiger partial charge in [-0.05, 0) is 31.8 Å². The molecular weight excluding hydrogens is 458 g/mol. The Morgan fingerprint density at radius 1 is 0.857 bits per heavy atom. The molecule has 1 heterocycles. The minimum absolute atomic E-state index is 0.0524. The fourth-order valence-corrected chi connectivity index (χ4v) is 3.39. The molecule has 2 N–H and O–H groups in total. The van der Waals surface area contributed by atoms with E-state index in [2.05, 4.69) is 16.7 Å². The lowest BCUT2D eigenvalue weighted by Gasteiger charge is -2.16. The molecule has 0 aromatic carbocycles. The summed E-state index contributed by atoms with van der Waals surface area (Å²) in [4.78, 5) is 47.4. The van der Waals surface area contributed by atoms with Gasteiger partial charge in [-0.2, -0.15) is 0 Å². The number of ether oxygens (including phenoxy) is 4. The lowest BCUT2D eigenvalue weighted by molar-refractivity contribution is -0.137. The molecule has 2 rings (SSSR count). The predicted molar refractivity (Wildman–Crippen MR) is 126 cm³/mol. The highest BCUT2D eigenvalue weighted by atomic mass is 16.6. The van der Waals surface area contributed by atoms with Gasteiger partial charge in [0, 0.05) is 38.2 Å². The number of nitrogens with zero attached hydrogens (tertiary/aromatic N) is 1. The number of hydrogen-bond acceptors (Lipinski definition) is 8. The lowest BCUT2D eigenvalue weighted by atomic mass is 10.0. The summed E-state index contributed by atoms with van der Waals surface area (Å²) < 4.78 is 21.6. The first-order valence-corrected chi connectivity index (χ1v) is 12.2. The van der Waals surface area contributed by atoms with E-state index in [0.29, 0.717) is 52.7 Å². The summed E-state index contributed by atoms with van der Waals surface area (Å²) in [6.07, 6.45) is 11.2. The van der Waals surface area contributed by atoms with Crippen LogP contribution in [0.2, 0.25) is 0 Å². The van der Waals surface area contributed by atoms with Crippen LogP contribution in [-0.4, -0.2) is 94.1 Å². The maximum absolute atomic E-state index is 11.8. The van der Waals surface area contributed by atoms with Crippen molar-refractivity contribution in [2.24, 2.45) is 0 Å². The van der Waals surface area contributed by atoms with Gasteiger partial charge >= 0.3 is 6.09 Å². The van der Waals surface area contributed by atoms with Crippen LogP contribution < -0.4 is 10.6 Å². The molecule has 1 aliphatic heterocycles. The van der Waals surface area contributed by atoms with E-state index in [1.807, 2.05) is 6.08 Å². The molecule has 1 unspecified atom stereocenters. The van der Waals surface area contributed by atoms with Gasteiger partial charge in [0.05, 0.1) is 39.6 Å². The summed E-state index contributed by atoms with van der Waals surface area (Å²) >= 11 is 0. The van der Waals surface area contributed by atoms with Crippen molar-refractivity contribution in [3.63, 3.8) is 0 Å². The predicted octanol–water partition coefficient (Wildman–Crippen LogP) is 1.08. The van der Waals surface area contributed by atoms with Crippen LogP contribution in [0.15, 0.2) is 24.3 Å². The third-order valence-corrected chi connectivity index (χ3v) is 5.26. The van der Waals surface area contributed by atoms with Crippen LogP contribution in [0.4, 0.5) is 4.79 Å². The zero-order valence-electron chi connectivity index (χ0n) is 20.2. The van der Waals surface area contributed by atoms with Gasteiger partial charge in [-0.3, -0.25) is 19.3 Å². The average molecular weight is 496 g/mol. The molecule has 2 aliphatic rings. The largest absolute Gasteiger partial charge is 0.442 e. The van der Waals surface area contributed by atoms with Crippen molar-refractivity contribution in [3.05, 3.63) is 24.3 Å². The zero-order chi connectivity index (χ0) is 25.1. The van der Waals surface area contributed by atoms with E-state index in [0.717, 1.165) is 24.2 Å². The Hall–Kier alpha value is -2.76. The fraction of sp³-hybridized carbons (Fsp3) is 0.667. The Bertz CT molecular complexity index is 722. The monoisotopic (exact) mass is 495 g/mol. The second kappa shape index (κ2) is 17.6. The van der Waals surface area contributed by atoms with Crippen LogP contribution in [0.5, 0.6) is 0 Å². The number of imide groups is 1. The fourth-order valence-electron chi connectivity index (χ4n) is 3.39. The standard InChI is InChI=1S/C24H37N3O8/c28-21(10-13-27-22(29)8-9-23(27)30)25-11-14-32-16-18-34-19-17-33-15-12-26-24(31)35-20-6-4-2-1-3-5-7-20/h4,6,8-9,20H,1-3,5,7,10-19H2,(H,25,28)(H,26,31)/b6-4-. The summed E-state index contributed by atoms with van der Waals surface area (Å²) in [5.74, 6) is -1.05. The molecule has 1 atom stereocenters. The number of carbonyl (C=O) groups excluding carboxylic acids is 4. The second-order valence-corrected chi connectivity index (χ2v) is 8.04. The Balaban J connectivity index is 1.31. The van der Waals surface area contributed by atoms with E-state index in [4.69, 9.17) is 18.9 Å². The number of nitrogens with one attached hydrogen (secondary N) is 2. The number of amides is 4. The first-order chi connectivity index (χ1) is 17.1. The molecule has 0 aromatic rings. The lowest BCUT2D eigenvalue weighted by Crippen LogP contribution is -2.35. The summed E-state index contributed by atoms with van der Waals surface area (Å²) in [7, 11) is 0. The van der Waals surface area contributed by atoms with Gasteiger partial charge in [0.15, 0.2) is 0 Å². The summed E-state index contributed by atoms with van der Waals surface area (Å²) in [6.45, 7) is 3.02. The van der Waals surface area contributed by atoms with Gasteiger partial charge in [0.25, 0.3) is 11.8 Å². The van der Waals surface area contributed by atoms with E-state index in [-0.39, 0.29) is 25.0 Å². The van der Waals surface area contributed by atoms with Crippen LogP contribution in [0, 0.1) is 0 Å². The third-order valence-electron chi connectivity index (χ3n) is 5.26. The highest BCUT2D eigenvalue weighted by Gasteiger charge is 2.23. The van der Waals surface area contributed by atoms with Crippen molar-refractivity contribution in [1.29, 1.82) is 0 Å². The Morgan fingerprint density at radius 2 is 1.49 bits per heavy atom. The van der Waals surface area contributed by atoms with Gasteiger partial charge in [-0.1, -0.05) is 12.5 Å². The third kappa shape index (κ3) is 13.1. The quantitative estimate of drug-likeness (QED) is 0.185. The van der Waals surface area contributed by atoms with Crippen LogP contribution in [0.3, 0.4) is 0 Å². The van der Waals surface area contributed by atoms with Crippen molar-refractivity contribution in [2.45, 2.75) is 44.6 Å². The van der Waals surface area contributed by atoms with Crippen LogP contribution >= 0.6 is 0 Å². The molecule has 0 aromatic heterocycles.